The fourth-order valence-corrected chi connectivity index (χ4v) is 11.4. The van der Waals surface area contributed by atoms with Crippen molar-refractivity contribution in [1.29, 1.82) is 0 Å². The van der Waals surface area contributed by atoms with Crippen LogP contribution in [0, 0.1) is 50.7 Å². The molecule has 0 unspecified atom stereocenters. The van der Waals surface area contributed by atoms with Gasteiger partial charge in [0.25, 0.3) is 0 Å². The SMILES string of the molecule is CC(C)(O)[C@@H]1CC[C@@]2(C)[C@H]1[C@@H](O)C[C@]1(C)[C@@H]2CC[C@H]2[C@@]3(C)CC[C@H](O)C(C)(C)C3=CC[C@]21C. The molecule has 0 aliphatic heterocycles. The number of allylic oxidation sites excluding steroid dienone is 1. The lowest BCUT2D eigenvalue weighted by Crippen LogP contribution is -2.66. The third kappa shape index (κ3) is 2.85. The van der Waals surface area contributed by atoms with Gasteiger partial charge in [-0.15, -0.1) is 0 Å². The van der Waals surface area contributed by atoms with Crippen LogP contribution in [0.25, 0.3) is 0 Å². The molecule has 0 heterocycles. The molecular formula is C30H50O3. The maximum Gasteiger partial charge on any atom is 0.0628 e. The molecule has 0 aromatic heterocycles. The highest BCUT2D eigenvalue weighted by Crippen LogP contribution is 2.77. The predicted octanol–water partition coefficient (Wildman–Crippen LogP) is 6.11. The predicted molar refractivity (Wildman–Crippen MR) is 133 cm³/mol. The van der Waals surface area contributed by atoms with Gasteiger partial charge < -0.3 is 15.3 Å². The molecule has 0 saturated heterocycles. The van der Waals surface area contributed by atoms with Crippen LogP contribution in [0.2, 0.25) is 0 Å². The molecule has 5 aliphatic carbocycles. The molecule has 4 fully saturated rings. The Bertz CT molecular complexity index is 853. The van der Waals surface area contributed by atoms with Crippen molar-refractivity contribution in [2.45, 2.75) is 125 Å². The minimum absolute atomic E-state index is 0.0836. The van der Waals surface area contributed by atoms with Gasteiger partial charge in [0.2, 0.25) is 0 Å². The lowest BCUT2D eigenvalue weighted by atomic mass is 9.33. The summed E-state index contributed by atoms with van der Waals surface area (Å²) < 4.78 is 0. The maximum absolute atomic E-state index is 11.7. The van der Waals surface area contributed by atoms with Crippen molar-refractivity contribution in [3.8, 4) is 0 Å². The Balaban J connectivity index is 1.58. The van der Waals surface area contributed by atoms with E-state index in [1.807, 2.05) is 13.8 Å². The second-order valence-electron chi connectivity index (χ2n) is 15.1. The van der Waals surface area contributed by atoms with E-state index in [0.29, 0.717) is 11.8 Å². The number of rotatable bonds is 1. The smallest absolute Gasteiger partial charge is 0.0628 e. The molecule has 4 saturated carbocycles. The van der Waals surface area contributed by atoms with E-state index in [2.05, 4.69) is 47.6 Å². The highest BCUT2D eigenvalue weighted by Gasteiger charge is 2.71. The molecule has 3 nitrogen and oxygen atoms in total. The lowest BCUT2D eigenvalue weighted by Gasteiger charge is -2.72. The molecule has 0 spiro atoms. The van der Waals surface area contributed by atoms with E-state index in [1.165, 1.54) is 18.4 Å². The molecule has 5 rings (SSSR count). The monoisotopic (exact) mass is 458 g/mol. The van der Waals surface area contributed by atoms with Crippen LogP contribution in [0.4, 0.5) is 0 Å². The largest absolute Gasteiger partial charge is 0.393 e. The van der Waals surface area contributed by atoms with E-state index in [0.717, 1.165) is 38.5 Å². The van der Waals surface area contributed by atoms with E-state index in [4.69, 9.17) is 0 Å². The van der Waals surface area contributed by atoms with Gasteiger partial charge in [0.05, 0.1) is 17.8 Å². The van der Waals surface area contributed by atoms with Crippen LogP contribution in [-0.4, -0.2) is 33.1 Å². The fourth-order valence-electron chi connectivity index (χ4n) is 11.4. The zero-order chi connectivity index (χ0) is 24.4. The molecule has 3 heteroatoms. The van der Waals surface area contributed by atoms with E-state index < -0.39 is 5.60 Å². The van der Waals surface area contributed by atoms with Crippen molar-refractivity contribution >= 4 is 0 Å². The lowest BCUT2D eigenvalue weighted by molar-refractivity contribution is -0.232. The van der Waals surface area contributed by atoms with Crippen LogP contribution in [0.1, 0.15) is 107 Å². The van der Waals surface area contributed by atoms with Gasteiger partial charge in [-0.05, 0) is 111 Å². The quantitative estimate of drug-likeness (QED) is 0.415. The van der Waals surface area contributed by atoms with Gasteiger partial charge in [-0.2, -0.15) is 0 Å². The minimum atomic E-state index is -0.733. The van der Waals surface area contributed by atoms with Crippen LogP contribution in [-0.2, 0) is 0 Å². The molecular weight excluding hydrogens is 408 g/mol. The number of fused-ring (bicyclic) bond motifs is 7. The highest BCUT2D eigenvalue weighted by molar-refractivity contribution is 5.34. The van der Waals surface area contributed by atoms with Crippen molar-refractivity contribution in [3.05, 3.63) is 11.6 Å². The van der Waals surface area contributed by atoms with Gasteiger partial charge in [-0.3, -0.25) is 0 Å². The van der Waals surface area contributed by atoms with Crippen molar-refractivity contribution in [2.24, 2.45) is 50.7 Å². The number of hydrogen-bond acceptors (Lipinski definition) is 3. The van der Waals surface area contributed by atoms with E-state index in [-0.39, 0.29) is 51.1 Å². The Hall–Kier alpha value is -0.380. The number of aliphatic hydroxyl groups is 3. The van der Waals surface area contributed by atoms with Gasteiger partial charge in [0, 0.05) is 5.41 Å². The zero-order valence-electron chi connectivity index (χ0n) is 22.5. The standard InChI is InChI=1S/C30H50O3/c1-25(2)20-12-16-29(7)21(27(20,5)15-13-23(25)32)9-10-22-28(6)14-11-18(26(3,4)33)24(28)19(31)17-30(22,29)8/h12,18-19,21-24,31-33H,9-11,13-17H2,1-8H3/t18-,19+,21+,22-,23+,24-,27+,28-,29-,30-/m1/s1. The second-order valence-corrected chi connectivity index (χ2v) is 15.1. The average Bonchev–Trinajstić information content (AvgIpc) is 3.05. The van der Waals surface area contributed by atoms with Gasteiger partial charge >= 0.3 is 0 Å². The molecule has 0 aromatic carbocycles. The first-order valence-electron chi connectivity index (χ1n) is 13.8. The van der Waals surface area contributed by atoms with E-state index in [9.17, 15) is 15.3 Å². The van der Waals surface area contributed by atoms with Gasteiger partial charge in [-0.1, -0.05) is 53.2 Å². The van der Waals surface area contributed by atoms with Crippen LogP contribution in [0.15, 0.2) is 11.6 Å². The Morgan fingerprint density at radius 2 is 1.48 bits per heavy atom. The van der Waals surface area contributed by atoms with Gasteiger partial charge in [0.15, 0.2) is 0 Å². The molecule has 0 radical (unpaired) electrons. The Morgan fingerprint density at radius 3 is 2.12 bits per heavy atom. The first kappa shape index (κ1) is 24.3. The van der Waals surface area contributed by atoms with E-state index in [1.54, 1.807) is 0 Å². The van der Waals surface area contributed by atoms with Crippen LogP contribution in [0.5, 0.6) is 0 Å². The summed E-state index contributed by atoms with van der Waals surface area (Å²) in [6, 6.07) is 0. The molecule has 0 amide bonds. The van der Waals surface area contributed by atoms with Crippen molar-refractivity contribution in [2.75, 3.05) is 0 Å². The third-order valence-electron chi connectivity index (χ3n) is 13.1. The minimum Gasteiger partial charge on any atom is -0.393 e. The van der Waals surface area contributed by atoms with Crippen molar-refractivity contribution < 1.29 is 15.3 Å². The molecule has 5 aliphatic rings. The summed E-state index contributed by atoms with van der Waals surface area (Å²) in [5, 5.41) is 33.6. The Kier molecular flexibility index (Phi) is 5.07. The molecule has 188 valence electrons. The van der Waals surface area contributed by atoms with E-state index >= 15 is 0 Å². The molecule has 0 aromatic rings. The number of hydrogen-bond donors (Lipinski definition) is 3. The third-order valence-corrected chi connectivity index (χ3v) is 13.1. The molecule has 0 bridgehead atoms. The topological polar surface area (TPSA) is 60.7 Å². The van der Waals surface area contributed by atoms with Gasteiger partial charge in [0.1, 0.15) is 0 Å². The first-order valence-corrected chi connectivity index (χ1v) is 13.8. The van der Waals surface area contributed by atoms with Gasteiger partial charge in [-0.25, -0.2) is 0 Å². The van der Waals surface area contributed by atoms with Crippen molar-refractivity contribution in [3.63, 3.8) is 0 Å². The Labute approximate surface area is 202 Å². The summed E-state index contributed by atoms with van der Waals surface area (Å²) in [7, 11) is 0. The second kappa shape index (κ2) is 6.88. The van der Waals surface area contributed by atoms with Crippen molar-refractivity contribution in [1.82, 2.24) is 0 Å². The summed E-state index contributed by atoms with van der Waals surface area (Å²) in [6.07, 6.45) is 10.5. The average molecular weight is 459 g/mol. The first-order chi connectivity index (χ1) is 15.0. The summed E-state index contributed by atoms with van der Waals surface area (Å²) in [5.74, 6) is 1.57. The van der Waals surface area contributed by atoms with Crippen LogP contribution >= 0.6 is 0 Å². The fraction of sp³-hybridized carbons (Fsp3) is 0.933. The maximum atomic E-state index is 11.7. The van der Waals surface area contributed by atoms with Crippen LogP contribution in [0.3, 0.4) is 0 Å². The van der Waals surface area contributed by atoms with Crippen LogP contribution < -0.4 is 0 Å². The zero-order valence-corrected chi connectivity index (χ0v) is 22.5. The summed E-state index contributed by atoms with van der Waals surface area (Å²) in [6.45, 7) is 18.5. The summed E-state index contributed by atoms with van der Waals surface area (Å²) >= 11 is 0. The Morgan fingerprint density at radius 1 is 0.848 bits per heavy atom. The molecule has 33 heavy (non-hydrogen) atoms. The number of aliphatic hydroxyl groups excluding tert-OH is 2. The molecule has 10 atom stereocenters. The summed E-state index contributed by atoms with van der Waals surface area (Å²) in [4.78, 5) is 0. The highest BCUT2D eigenvalue weighted by atomic mass is 16.3. The normalized spacial score (nSPS) is 55.7. The molecule has 3 N–H and O–H groups in total. The summed E-state index contributed by atoms with van der Waals surface area (Å²) in [5.41, 5.74) is 1.08.